The summed E-state index contributed by atoms with van der Waals surface area (Å²) >= 11 is 12.1. The quantitative estimate of drug-likeness (QED) is 0.194. The molecule has 0 saturated carbocycles. The van der Waals surface area contributed by atoms with Gasteiger partial charge in [0, 0.05) is 23.4 Å². The molecular weight excluding hydrogens is 527 g/mol. The Hall–Kier alpha value is -3.81. The third-order valence-corrected chi connectivity index (χ3v) is 6.60. The van der Waals surface area contributed by atoms with Gasteiger partial charge in [0.2, 0.25) is 5.89 Å². The molecule has 1 N–H and O–H groups in total. The van der Waals surface area contributed by atoms with E-state index in [0.717, 1.165) is 35.4 Å². The molecule has 2 heterocycles. The van der Waals surface area contributed by atoms with Crippen LogP contribution in [0.15, 0.2) is 75.6 Å². The Morgan fingerprint density at radius 2 is 1.82 bits per heavy atom. The molecule has 0 unspecified atom stereocenters. The molecule has 2 aromatic heterocycles. The number of hydrogen-bond donors (Lipinski definition) is 1. The van der Waals surface area contributed by atoms with E-state index >= 15 is 0 Å². The summed E-state index contributed by atoms with van der Waals surface area (Å²) in [6.45, 7) is 1.92. The minimum Gasteiger partial charge on any atom is -0.478 e. The molecule has 0 bridgehead atoms. The second kappa shape index (κ2) is 11.3. The van der Waals surface area contributed by atoms with Gasteiger partial charge in [0.05, 0.1) is 10.7 Å². The first-order valence-corrected chi connectivity index (χ1v) is 12.9. The van der Waals surface area contributed by atoms with Crippen LogP contribution in [0.5, 0.6) is 5.75 Å². The van der Waals surface area contributed by atoms with Crippen molar-refractivity contribution in [3.05, 3.63) is 99.7 Å². The lowest BCUT2D eigenvalue weighted by atomic mass is 10.1. The fourth-order valence-electron chi connectivity index (χ4n) is 4.14. The smallest absolute Gasteiger partial charge is 0.345 e. The van der Waals surface area contributed by atoms with Crippen molar-refractivity contribution in [3.8, 4) is 17.2 Å². The number of nitrogens with zero attached hydrogens (tertiary/aromatic N) is 2. The average Bonchev–Trinajstić information content (AvgIpc) is 3.48. The lowest BCUT2D eigenvalue weighted by molar-refractivity contribution is -0.145. The summed E-state index contributed by atoms with van der Waals surface area (Å²) in [6, 6.07) is 19.9. The molecule has 9 heteroatoms. The van der Waals surface area contributed by atoms with E-state index in [1.807, 2.05) is 49.4 Å². The number of carbonyl (C=O) groups is 1. The van der Waals surface area contributed by atoms with Crippen LogP contribution < -0.4 is 4.74 Å². The summed E-state index contributed by atoms with van der Waals surface area (Å²) in [5.74, 6) is 1.19. The molecule has 1 atom stereocenters. The van der Waals surface area contributed by atoms with Crippen molar-refractivity contribution in [1.82, 2.24) is 9.97 Å². The molecule has 0 amide bonds. The zero-order chi connectivity index (χ0) is 26.6. The van der Waals surface area contributed by atoms with Gasteiger partial charge in [-0.3, -0.25) is 0 Å². The van der Waals surface area contributed by atoms with Gasteiger partial charge in [-0.05, 0) is 67.8 Å². The van der Waals surface area contributed by atoms with E-state index in [-0.39, 0.29) is 17.2 Å². The molecular formula is C29H24Cl2N2O5. The minimum absolute atomic E-state index is 0.127. The molecule has 0 aliphatic carbocycles. The number of aliphatic carboxylic acids is 1. The maximum Gasteiger partial charge on any atom is 0.345 e. The van der Waals surface area contributed by atoms with E-state index in [1.165, 1.54) is 6.07 Å². The van der Waals surface area contributed by atoms with Crippen LogP contribution in [-0.4, -0.2) is 27.1 Å². The van der Waals surface area contributed by atoms with Crippen LogP contribution in [0.1, 0.15) is 29.3 Å². The maximum absolute atomic E-state index is 11.9. The van der Waals surface area contributed by atoms with E-state index in [1.54, 1.807) is 18.2 Å². The number of fused-ring (bicyclic) bond motifs is 1. The van der Waals surface area contributed by atoms with E-state index in [0.29, 0.717) is 34.3 Å². The summed E-state index contributed by atoms with van der Waals surface area (Å²) in [5.41, 5.74) is 3.92. The topological polar surface area (TPSA) is 98.6 Å². The fraction of sp³-hybridized carbons (Fsp3) is 0.207. The predicted molar refractivity (Wildman–Crippen MR) is 145 cm³/mol. The highest BCUT2D eigenvalue weighted by Crippen LogP contribution is 2.29. The van der Waals surface area contributed by atoms with Gasteiger partial charge in [-0.15, -0.1) is 0 Å². The summed E-state index contributed by atoms with van der Waals surface area (Å²) in [5, 5.41) is 10.4. The number of hydrogen-bond acceptors (Lipinski definition) is 6. The van der Waals surface area contributed by atoms with E-state index < -0.39 is 12.1 Å². The summed E-state index contributed by atoms with van der Waals surface area (Å²) in [6.07, 6.45) is 1.15. The summed E-state index contributed by atoms with van der Waals surface area (Å²) in [4.78, 5) is 21.1. The lowest BCUT2D eigenvalue weighted by Gasteiger charge is -2.16. The largest absolute Gasteiger partial charge is 0.478 e. The van der Waals surface area contributed by atoms with Gasteiger partial charge in [0.1, 0.15) is 17.0 Å². The van der Waals surface area contributed by atoms with Gasteiger partial charge in [0.15, 0.2) is 17.6 Å². The van der Waals surface area contributed by atoms with Gasteiger partial charge < -0.3 is 18.7 Å². The number of carboxylic acid groups (broad SMARTS) is 1. The van der Waals surface area contributed by atoms with Crippen molar-refractivity contribution < 1.29 is 23.5 Å². The molecule has 38 heavy (non-hydrogen) atoms. The zero-order valence-electron chi connectivity index (χ0n) is 20.5. The average molecular weight is 551 g/mol. The summed E-state index contributed by atoms with van der Waals surface area (Å²) < 4.78 is 17.4. The van der Waals surface area contributed by atoms with Crippen LogP contribution in [0, 0.1) is 6.92 Å². The maximum atomic E-state index is 11.9. The Bertz CT molecular complexity index is 1580. The van der Waals surface area contributed by atoms with Gasteiger partial charge in [-0.2, -0.15) is 0 Å². The molecule has 3 aromatic carbocycles. The van der Waals surface area contributed by atoms with Gasteiger partial charge in [-0.1, -0.05) is 47.5 Å². The monoisotopic (exact) mass is 550 g/mol. The molecule has 5 aromatic rings. The lowest BCUT2D eigenvalue weighted by Crippen LogP contribution is -2.29. The number of ether oxygens (including phenoxy) is 1. The SMILES string of the molecule is Cc1oc(-c2ccccc2)nc1CCCc1nc2cc(C[C@H](Oc3ccc(Cl)cc3Cl)C(=O)O)ccc2o1. The van der Waals surface area contributed by atoms with Crippen molar-refractivity contribution in [2.45, 2.75) is 38.7 Å². The molecule has 0 fully saturated rings. The number of aromatic nitrogens is 2. The van der Waals surface area contributed by atoms with Crippen molar-refractivity contribution in [3.63, 3.8) is 0 Å². The van der Waals surface area contributed by atoms with Crippen molar-refractivity contribution in [1.29, 1.82) is 0 Å². The van der Waals surface area contributed by atoms with Crippen LogP contribution >= 0.6 is 23.2 Å². The van der Waals surface area contributed by atoms with Gasteiger partial charge in [-0.25, -0.2) is 14.8 Å². The Morgan fingerprint density at radius 1 is 1.00 bits per heavy atom. The van der Waals surface area contributed by atoms with Crippen LogP contribution in [0.3, 0.4) is 0 Å². The Kier molecular flexibility index (Phi) is 7.67. The second-order valence-electron chi connectivity index (χ2n) is 8.87. The highest BCUT2D eigenvalue weighted by atomic mass is 35.5. The Balaban J connectivity index is 1.23. The Labute approximate surface area is 229 Å². The van der Waals surface area contributed by atoms with E-state index in [4.69, 9.17) is 36.8 Å². The van der Waals surface area contributed by atoms with E-state index in [2.05, 4.69) is 9.97 Å². The number of oxazole rings is 2. The highest BCUT2D eigenvalue weighted by Gasteiger charge is 2.22. The molecule has 0 saturated heterocycles. The van der Waals surface area contributed by atoms with Crippen molar-refractivity contribution in [2.75, 3.05) is 0 Å². The van der Waals surface area contributed by atoms with E-state index in [9.17, 15) is 9.90 Å². The van der Waals surface area contributed by atoms with Gasteiger partial charge in [0.25, 0.3) is 0 Å². The third kappa shape index (κ3) is 6.01. The fourth-order valence-corrected chi connectivity index (χ4v) is 4.60. The number of aryl methyl sites for hydroxylation is 3. The zero-order valence-corrected chi connectivity index (χ0v) is 22.0. The normalized spacial score (nSPS) is 12.1. The number of halogens is 2. The van der Waals surface area contributed by atoms with Crippen LogP contribution in [0.4, 0.5) is 0 Å². The highest BCUT2D eigenvalue weighted by molar-refractivity contribution is 6.35. The molecule has 0 aliphatic heterocycles. The number of carboxylic acids is 1. The van der Waals surface area contributed by atoms with Crippen LogP contribution in [-0.2, 0) is 24.1 Å². The second-order valence-corrected chi connectivity index (χ2v) is 9.72. The minimum atomic E-state index is -1.14. The Morgan fingerprint density at radius 3 is 2.58 bits per heavy atom. The predicted octanol–water partition coefficient (Wildman–Crippen LogP) is 7.35. The molecule has 0 aliphatic rings. The van der Waals surface area contributed by atoms with Crippen LogP contribution in [0.2, 0.25) is 10.0 Å². The molecule has 7 nitrogen and oxygen atoms in total. The van der Waals surface area contributed by atoms with Gasteiger partial charge >= 0.3 is 5.97 Å². The first kappa shape index (κ1) is 25.8. The number of benzene rings is 3. The van der Waals surface area contributed by atoms with Crippen LogP contribution in [0.25, 0.3) is 22.6 Å². The van der Waals surface area contributed by atoms with Crippen molar-refractivity contribution in [2.24, 2.45) is 0 Å². The standard InChI is InChI=1S/C29H24Cl2N2O5/c1-17-22(33-28(36-17)19-6-3-2-4-7-19)8-5-9-27-32-23-14-18(10-12-25(23)38-27)15-26(29(34)35)37-24-13-11-20(30)16-21(24)31/h2-4,6-7,10-14,16,26H,5,8-9,15H2,1H3,(H,34,35)/t26-/m0/s1. The molecule has 0 spiro atoms. The van der Waals surface area contributed by atoms with Crippen molar-refractivity contribution >= 4 is 40.3 Å². The first-order chi connectivity index (χ1) is 18.4. The number of rotatable bonds is 10. The third-order valence-electron chi connectivity index (χ3n) is 6.07. The molecule has 194 valence electrons. The first-order valence-electron chi connectivity index (χ1n) is 12.1. The molecule has 5 rings (SSSR count). The summed E-state index contributed by atoms with van der Waals surface area (Å²) in [7, 11) is 0. The molecule has 0 radical (unpaired) electrons.